The summed E-state index contributed by atoms with van der Waals surface area (Å²) < 4.78 is 17.7. The number of anilines is 1. The molecule has 6 heteroatoms. The lowest BCUT2D eigenvalue weighted by molar-refractivity contribution is -0.115. The van der Waals surface area contributed by atoms with Gasteiger partial charge in [-0.1, -0.05) is 24.3 Å². The zero-order chi connectivity index (χ0) is 16.7. The lowest BCUT2D eigenvalue weighted by Crippen LogP contribution is -2.18. The van der Waals surface area contributed by atoms with Crippen molar-refractivity contribution in [1.29, 1.82) is 0 Å². The van der Waals surface area contributed by atoms with Crippen molar-refractivity contribution in [1.82, 2.24) is 5.32 Å². The zero-order valence-electron chi connectivity index (χ0n) is 12.6. The number of benzene rings is 2. The molecule has 0 spiro atoms. The van der Waals surface area contributed by atoms with Gasteiger partial charge in [-0.3, -0.25) is 4.79 Å². The van der Waals surface area contributed by atoms with Crippen LogP contribution in [0.5, 0.6) is 0 Å². The summed E-state index contributed by atoms with van der Waals surface area (Å²) in [6.45, 7) is 0.156. The Kier molecular flexibility index (Phi) is 5.68. The summed E-state index contributed by atoms with van der Waals surface area (Å²) in [5.74, 6) is -0.519. The lowest BCUT2D eigenvalue weighted by atomic mass is 10.1. The van der Waals surface area contributed by atoms with Gasteiger partial charge in [0.15, 0.2) is 0 Å². The standard InChI is InChI=1S/C17H17FN2O3/c1-19-17(22)23-11-13-4-8-15(9-5-13)20-16(21)10-12-2-6-14(18)7-3-12/h2-9H,10-11H2,1H3,(H,19,22)(H,20,21). The van der Waals surface area contributed by atoms with E-state index in [-0.39, 0.29) is 24.8 Å². The minimum atomic E-state index is -0.498. The van der Waals surface area contributed by atoms with Gasteiger partial charge in [0.25, 0.3) is 0 Å². The van der Waals surface area contributed by atoms with E-state index in [1.54, 1.807) is 36.4 Å². The third-order valence-electron chi connectivity index (χ3n) is 3.09. The summed E-state index contributed by atoms with van der Waals surface area (Å²) >= 11 is 0. The third kappa shape index (κ3) is 5.43. The monoisotopic (exact) mass is 316 g/mol. The Morgan fingerprint density at radius 2 is 1.61 bits per heavy atom. The molecule has 0 saturated carbocycles. The first-order valence-corrected chi connectivity index (χ1v) is 7.04. The predicted octanol–water partition coefficient (Wildman–Crippen LogP) is 2.86. The lowest BCUT2D eigenvalue weighted by Gasteiger charge is -2.07. The molecule has 2 amide bonds. The van der Waals surface area contributed by atoms with Crippen LogP contribution >= 0.6 is 0 Å². The van der Waals surface area contributed by atoms with Crippen molar-refractivity contribution in [3.8, 4) is 0 Å². The van der Waals surface area contributed by atoms with E-state index < -0.39 is 6.09 Å². The average molecular weight is 316 g/mol. The maximum Gasteiger partial charge on any atom is 0.407 e. The molecule has 120 valence electrons. The van der Waals surface area contributed by atoms with Crippen LogP contribution in [0, 0.1) is 5.82 Å². The number of amides is 2. The number of halogens is 1. The molecule has 5 nitrogen and oxygen atoms in total. The van der Waals surface area contributed by atoms with Gasteiger partial charge in [0.1, 0.15) is 12.4 Å². The average Bonchev–Trinajstić information content (AvgIpc) is 2.56. The molecule has 0 aromatic heterocycles. The van der Waals surface area contributed by atoms with Crippen LogP contribution in [0.15, 0.2) is 48.5 Å². The smallest absolute Gasteiger partial charge is 0.407 e. The molecule has 2 aromatic carbocycles. The molecule has 0 radical (unpaired) electrons. The number of rotatable bonds is 5. The highest BCUT2D eigenvalue weighted by molar-refractivity contribution is 5.92. The predicted molar refractivity (Wildman–Crippen MR) is 84.4 cm³/mol. The second-order valence-electron chi connectivity index (χ2n) is 4.87. The van der Waals surface area contributed by atoms with E-state index in [0.29, 0.717) is 5.69 Å². The molecule has 2 N–H and O–H groups in total. The van der Waals surface area contributed by atoms with Crippen LogP contribution in [0.4, 0.5) is 14.9 Å². The van der Waals surface area contributed by atoms with Crippen molar-refractivity contribution < 1.29 is 18.7 Å². The minimum absolute atomic E-state index is 0.156. The van der Waals surface area contributed by atoms with Gasteiger partial charge in [-0.05, 0) is 35.4 Å². The SMILES string of the molecule is CNC(=O)OCc1ccc(NC(=O)Cc2ccc(F)cc2)cc1. The number of nitrogens with one attached hydrogen (secondary N) is 2. The molecule has 2 aromatic rings. The third-order valence-corrected chi connectivity index (χ3v) is 3.09. The fourth-order valence-electron chi connectivity index (χ4n) is 1.90. The van der Waals surface area contributed by atoms with E-state index >= 15 is 0 Å². The second-order valence-corrected chi connectivity index (χ2v) is 4.87. The molecule has 0 aliphatic carbocycles. The molecule has 0 saturated heterocycles. The first-order chi connectivity index (χ1) is 11.1. The summed E-state index contributed by atoms with van der Waals surface area (Å²) in [6, 6.07) is 12.8. The fraction of sp³-hybridized carbons (Fsp3) is 0.176. The van der Waals surface area contributed by atoms with Crippen LogP contribution in [0.3, 0.4) is 0 Å². The van der Waals surface area contributed by atoms with Crippen LogP contribution in [-0.4, -0.2) is 19.0 Å². The number of carbonyl (C=O) groups is 2. The summed E-state index contributed by atoms with van der Waals surface area (Å²) in [5, 5.41) is 5.11. The molecular weight excluding hydrogens is 299 g/mol. The number of hydrogen-bond donors (Lipinski definition) is 2. The van der Waals surface area contributed by atoms with Gasteiger partial charge >= 0.3 is 6.09 Å². The van der Waals surface area contributed by atoms with E-state index in [0.717, 1.165) is 11.1 Å². The number of carbonyl (C=O) groups excluding carboxylic acids is 2. The highest BCUT2D eigenvalue weighted by atomic mass is 19.1. The van der Waals surface area contributed by atoms with Gasteiger partial charge in [-0.15, -0.1) is 0 Å². The van der Waals surface area contributed by atoms with Crippen LogP contribution in [-0.2, 0) is 22.6 Å². The molecule has 23 heavy (non-hydrogen) atoms. The number of hydrogen-bond acceptors (Lipinski definition) is 3. The summed E-state index contributed by atoms with van der Waals surface area (Å²) in [4.78, 5) is 22.9. The van der Waals surface area contributed by atoms with Crippen molar-refractivity contribution >= 4 is 17.7 Å². The van der Waals surface area contributed by atoms with E-state index in [1.165, 1.54) is 19.2 Å². The van der Waals surface area contributed by atoms with Crippen molar-refractivity contribution in [2.45, 2.75) is 13.0 Å². The normalized spacial score (nSPS) is 10.0. The maximum absolute atomic E-state index is 12.8. The van der Waals surface area contributed by atoms with Gasteiger partial charge in [0.05, 0.1) is 6.42 Å². The number of alkyl carbamates (subject to hydrolysis) is 1. The molecular formula is C17H17FN2O3. The Morgan fingerprint density at radius 1 is 1.00 bits per heavy atom. The zero-order valence-corrected chi connectivity index (χ0v) is 12.6. The van der Waals surface area contributed by atoms with E-state index in [4.69, 9.17) is 4.74 Å². The van der Waals surface area contributed by atoms with Crippen LogP contribution < -0.4 is 10.6 Å². The van der Waals surface area contributed by atoms with Crippen LogP contribution in [0.1, 0.15) is 11.1 Å². The van der Waals surface area contributed by atoms with E-state index in [1.807, 2.05) is 0 Å². The molecule has 0 fully saturated rings. The fourth-order valence-corrected chi connectivity index (χ4v) is 1.90. The van der Waals surface area contributed by atoms with E-state index in [2.05, 4.69) is 10.6 Å². The Labute approximate surface area is 133 Å². The van der Waals surface area contributed by atoms with Crippen molar-refractivity contribution in [3.63, 3.8) is 0 Å². The maximum atomic E-state index is 12.8. The van der Waals surface area contributed by atoms with E-state index in [9.17, 15) is 14.0 Å². The molecule has 0 bridgehead atoms. The quantitative estimate of drug-likeness (QED) is 0.891. The van der Waals surface area contributed by atoms with Crippen molar-refractivity contribution in [3.05, 3.63) is 65.5 Å². The number of ether oxygens (including phenoxy) is 1. The molecule has 0 unspecified atom stereocenters. The van der Waals surface area contributed by atoms with Gasteiger partial charge in [0, 0.05) is 12.7 Å². The Bertz CT molecular complexity index is 669. The van der Waals surface area contributed by atoms with Gasteiger partial charge < -0.3 is 15.4 Å². The molecule has 2 rings (SSSR count). The van der Waals surface area contributed by atoms with Gasteiger partial charge in [0.2, 0.25) is 5.91 Å². The summed E-state index contributed by atoms with van der Waals surface area (Å²) in [7, 11) is 1.49. The molecule has 0 heterocycles. The van der Waals surface area contributed by atoms with Gasteiger partial charge in [-0.2, -0.15) is 0 Å². The van der Waals surface area contributed by atoms with Crippen molar-refractivity contribution in [2.24, 2.45) is 0 Å². The topological polar surface area (TPSA) is 67.4 Å². The summed E-state index contributed by atoms with van der Waals surface area (Å²) in [5.41, 5.74) is 2.19. The van der Waals surface area contributed by atoms with Crippen LogP contribution in [0.25, 0.3) is 0 Å². The Morgan fingerprint density at radius 3 is 2.22 bits per heavy atom. The highest BCUT2D eigenvalue weighted by Crippen LogP contribution is 2.12. The summed E-state index contributed by atoms with van der Waals surface area (Å²) in [6.07, 6.45) is -0.330. The second kappa shape index (κ2) is 7.93. The Balaban J connectivity index is 1.86. The molecule has 0 aliphatic heterocycles. The van der Waals surface area contributed by atoms with Crippen molar-refractivity contribution in [2.75, 3.05) is 12.4 Å². The largest absolute Gasteiger partial charge is 0.445 e. The molecule has 0 atom stereocenters. The van der Waals surface area contributed by atoms with Gasteiger partial charge in [-0.25, -0.2) is 9.18 Å². The Hall–Kier alpha value is -2.89. The highest BCUT2D eigenvalue weighted by Gasteiger charge is 2.05. The van der Waals surface area contributed by atoms with Crippen LogP contribution in [0.2, 0.25) is 0 Å². The minimum Gasteiger partial charge on any atom is -0.445 e. The molecule has 0 aliphatic rings. The first kappa shape index (κ1) is 16.5. The first-order valence-electron chi connectivity index (χ1n) is 7.04.